The number of hydrogen-bond acceptors (Lipinski definition) is 2. The molecule has 4 unspecified atom stereocenters. The third-order valence-corrected chi connectivity index (χ3v) is 5.09. The van der Waals surface area contributed by atoms with Gasteiger partial charge in [-0.05, 0) is 36.3 Å². The topological polar surface area (TPSA) is 34.1 Å². The van der Waals surface area contributed by atoms with E-state index in [1.807, 2.05) is 18.2 Å². The maximum absolute atomic E-state index is 12.7. The van der Waals surface area contributed by atoms with E-state index in [2.05, 4.69) is 19.1 Å². The number of fused-ring (bicyclic) bond motifs is 6. The molecule has 3 aliphatic rings. The molecule has 3 aliphatic carbocycles. The third-order valence-electron chi connectivity index (χ3n) is 5.09. The molecule has 1 aromatic rings. The molecule has 0 aromatic heterocycles. The fraction of sp³-hybridized carbons (Fsp3) is 0.412. The number of hydrogen-bond donors (Lipinski definition) is 0. The van der Waals surface area contributed by atoms with Crippen molar-refractivity contribution in [3.05, 3.63) is 47.0 Å². The zero-order valence-electron chi connectivity index (χ0n) is 10.9. The van der Waals surface area contributed by atoms with Gasteiger partial charge in [-0.25, -0.2) is 0 Å². The first-order valence-electron chi connectivity index (χ1n) is 7.10. The first-order chi connectivity index (χ1) is 9.20. The minimum atomic E-state index is -0.0814. The molecule has 0 N–H and O–H groups in total. The van der Waals surface area contributed by atoms with Gasteiger partial charge in [0.15, 0.2) is 11.6 Å². The second-order valence-electron chi connectivity index (χ2n) is 5.96. The second-order valence-corrected chi connectivity index (χ2v) is 5.96. The molecular weight excluding hydrogens is 236 g/mol. The molecule has 1 fully saturated rings. The van der Waals surface area contributed by atoms with Crippen molar-refractivity contribution in [1.29, 1.82) is 0 Å². The molecule has 2 nitrogen and oxygen atoms in total. The molecule has 1 saturated carbocycles. The Morgan fingerprint density at radius 2 is 1.63 bits per heavy atom. The van der Waals surface area contributed by atoms with E-state index in [9.17, 15) is 9.59 Å². The average molecular weight is 252 g/mol. The van der Waals surface area contributed by atoms with E-state index >= 15 is 0 Å². The minimum Gasteiger partial charge on any atom is -0.294 e. The highest BCUT2D eigenvalue weighted by atomic mass is 16.1. The van der Waals surface area contributed by atoms with Gasteiger partial charge in [-0.1, -0.05) is 31.2 Å². The van der Waals surface area contributed by atoms with Gasteiger partial charge in [0.1, 0.15) is 0 Å². The Kier molecular flexibility index (Phi) is 2.15. The molecule has 0 heterocycles. The molecule has 0 saturated heterocycles. The highest BCUT2D eigenvalue weighted by Gasteiger charge is 2.54. The molecule has 1 aromatic carbocycles. The highest BCUT2D eigenvalue weighted by molar-refractivity contribution is 6.16. The summed E-state index contributed by atoms with van der Waals surface area (Å²) in [7, 11) is 0. The summed E-state index contributed by atoms with van der Waals surface area (Å²) >= 11 is 0. The van der Waals surface area contributed by atoms with Crippen LogP contribution in [0.4, 0.5) is 0 Å². The zero-order valence-corrected chi connectivity index (χ0v) is 10.9. The summed E-state index contributed by atoms with van der Waals surface area (Å²) in [5, 5.41) is 0. The van der Waals surface area contributed by atoms with E-state index in [-0.39, 0.29) is 23.4 Å². The molecule has 0 radical (unpaired) electrons. The van der Waals surface area contributed by atoms with Crippen molar-refractivity contribution >= 4 is 11.6 Å². The van der Waals surface area contributed by atoms with Crippen LogP contribution in [-0.2, 0) is 6.42 Å². The van der Waals surface area contributed by atoms with Gasteiger partial charge in [-0.15, -0.1) is 0 Å². The van der Waals surface area contributed by atoms with E-state index in [0.29, 0.717) is 23.0 Å². The smallest absolute Gasteiger partial charge is 0.168 e. The minimum absolute atomic E-state index is 0.0810. The lowest BCUT2D eigenvalue weighted by Gasteiger charge is -2.31. The molecule has 0 spiro atoms. The molecule has 2 heteroatoms. The predicted octanol–water partition coefficient (Wildman–Crippen LogP) is 3.07. The van der Waals surface area contributed by atoms with Crippen LogP contribution in [0.1, 0.15) is 39.6 Å². The van der Waals surface area contributed by atoms with Gasteiger partial charge in [0, 0.05) is 23.0 Å². The van der Waals surface area contributed by atoms with E-state index in [1.165, 1.54) is 0 Å². The number of benzene rings is 1. The lowest BCUT2D eigenvalue weighted by Crippen LogP contribution is -2.38. The van der Waals surface area contributed by atoms with Gasteiger partial charge >= 0.3 is 0 Å². The Morgan fingerprint density at radius 3 is 2.26 bits per heavy atom. The van der Waals surface area contributed by atoms with Crippen molar-refractivity contribution in [3.8, 4) is 0 Å². The Hall–Kier alpha value is -1.70. The largest absolute Gasteiger partial charge is 0.294 e. The Morgan fingerprint density at radius 1 is 1.00 bits per heavy atom. The SMILES string of the molecule is CCc1ccc2c(c1)C(=O)C1C3C=CC(C3)C1C2=O. The van der Waals surface area contributed by atoms with Gasteiger partial charge in [-0.3, -0.25) is 9.59 Å². The van der Waals surface area contributed by atoms with Crippen LogP contribution in [0.25, 0.3) is 0 Å². The molecular formula is C17H16O2. The standard InChI is InChI=1S/C17H16O2/c1-2-9-3-6-12-13(7-9)17(19)15-11-5-4-10(8-11)14(15)16(12)18/h3-7,10-11,14-15H,2,8H2,1H3. The summed E-state index contributed by atoms with van der Waals surface area (Å²) < 4.78 is 0. The van der Waals surface area contributed by atoms with Crippen LogP contribution in [0.5, 0.6) is 0 Å². The number of carbonyl (C=O) groups excluding carboxylic acids is 2. The number of carbonyl (C=O) groups is 2. The van der Waals surface area contributed by atoms with Gasteiger partial charge in [0.2, 0.25) is 0 Å². The summed E-state index contributed by atoms with van der Waals surface area (Å²) in [5.41, 5.74) is 2.47. The summed E-state index contributed by atoms with van der Waals surface area (Å²) in [6.07, 6.45) is 6.17. The number of ketones is 2. The Bertz CT molecular complexity index is 626. The van der Waals surface area contributed by atoms with Crippen LogP contribution in [0, 0.1) is 23.7 Å². The van der Waals surface area contributed by atoms with Crippen LogP contribution < -0.4 is 0 Å². The Balaban J connectivity index is 1.89. The van der Waals surface area contributed by atoms with Crippen LogP contribution in [0.15, 0.2) is 30.4 Å². The number of allylic oxidation sites excluding steroid dienone is 2. The molecule has 96 valence electrons. The average Bonchev–Trinajstić information content (AvgIpc) is 3.05. The van der Waals surface area contributed by atoms with Gasteiger partial charge < -0.3 is 0 Å². The Labute approximate surface area is 112 Å². The van der Waals surface area contributed by atoms with E-state index in [4.69, 9.17) is 0 Å². The predicted molar refractivity (Wildman–Crippen MR) is 72.2 cm³/mol. The first kappa shape index (κ1) is 11.2. The van der Waals surface area contributed by atoms with E-state index in [0.717, 1.165) is 18.4 Å². The van der Waals surface area contributed by atoms with Crippen molar-refractivity contribution < 1.29 is 9.59 Å². The van der Waals surface area contributed by atoms with Crippen molar-refractivity contribution in [2.75, 3.05) is 0 Å². The molecule has 19 heavy (non-hydrogen) atoms. The lowest BCUT2D eigenvalue weighted by atomic mass is 9.69. The number of aryl methyl sites for hydroxylation is 1. The maximum Gasteiger partial charge on any atom is 0.168 e. The lowest BCUT2D eigenvalue weighted by molar-refractivity contribution is 0.0720. The monoisotopic (exact) mass is 252 g/mol. The third kappa shape index (κ3) is 1.32. The summed E-state index contributed by atoms with van der Waals surface area (Å²) in [4.78, 5) is 25.4. The van der Waals surface area contributed by atoms with Crippen LogP contribution in [-0.4, -0.2) is 11.6 Å². The van der Waals surface area contributed by atoms with Crippen LogP contribution >= 0.6 is 0 Å². The summed E-state index contributed by atoms with van der Waals surface area (Å²) in [6.45, 7) is 2.07. The molecule has 0 amide bonds. The van der Waals surface area contributed by atoms with E-state index < -0.39 is 0 Å². The molecule has 4 atom stereocenters. The van der Waals surface area contributed by atoms with Crippen molar-refractivity contribution in [3.63, 3.8) is 0 Å². The van der Waals surface area contributed by atoms with Crippen molar-refractivity contribution in [2.45, 2.75) is 19.8 Å². The van der Waals surface area contributed by atoms with Crippen molar-refractivity contribution in [1.82, 2.24) is 0 Å². The van der Waals surface area contributed by atoms with Crippen molar-refractivity contribution in [2.24, 2.45) is 23.7 Å². The fourth-order valence-electron chi connectivity index (χ4n) is 4.13. The molecule has 2 bridgehead atoms. The summed E-state index contributed by atoms with van der Waals surface area (Å²) in [5.74, 6) is 0.825. The highest BCUT2D eigenvalue weighted by Crippen LogP contribution is 2.52. The first-order valence-corrected chi connectivity index (χ1v) is 7.10. The number of Topliss-reactive ketones (excluding diaryl/α,β-unsaturated/α-hetero) is 2. The van der Waals surface area contributed by atoms with E-state index in [1.54, 1.807) is 0 Å². The van der Waals surface area contributed by atoms with Crippen LogP contribution in [0.3, 0.4) is 0 Å². The maximum atomic E-state index is 12.7. The fourth-order valence-corrected chi connectivity index (χ4v) is 4.13. The molecule has 4 rings (SSSR count). The molecule has 0 aliphatic heterocycles. The second kappa shape index (κ2) is 3.66. The van der Waals surface area contributed by atoms with Gasteiger partial charge in [-0.2, -0.15) is 0 Å². The van der Waals surface area contributed by atoms with Gasteiger partial charge in [0.25, 0.3) is 0 Å². The quantitative estimate of drug-likeness (QED) is 0.720. The zero-order chi connectivity index (χ0) is 13.1. The number of rotatable bonds is 1. The van der Waals surface area contributed by atoms with Gasteiger partial charge in [0.05, 0.1) is 0 Å². The normalized spacial score (nSPS) is 34.6. The van der Waals surface area contributed by atoms with Crippen LogP contribution in [0.2, 0.25) is 0 Å². The summed E-state index contributed by atoms with van der Waals surface area (Å²) in [6, 6.07) is 5.77.